The number of rotatable bonds is 2. The highest BCUT2D eigenvalue weighted by Gasteiger charge is 2.30. The summed E-state index contributed by atoms with van der Waals surface area (Å²) in [5.74, 6) is 0.607. The van der Waals surface area contributed by atoms with Gasteiger partial charge in [-0.05, 0) is 26.0 Å². The van der Waals surface area contributed by atoms with E-state index in [1.54, 1.807) is 6.20 Å². The number of hydrogen-bond donors (Lipinski definition) is 0. The van der Waals surface area contributed by atoms with Gasteiger partial charge in [0.05, 0.1) is 5.69 Å². The number of hydrogen-bond acceptors (Lipinski definition) is 3. The van der Waals surface area contributed by atoms with E-state index in [9.17, 15) is 0 Å². The third-order valence-corrected chi connectivity index (χ3v) is 2.65. The Kier molecular flexibility index (Phi) is 2.27. The van der Waals surface area contributed by atoms with Gasteiger partial charge in [-0.1, -0.05) is 0 Å². The van der Waals surface area contributed by atoms with E-state index < -0.39 is 0 Å². The molecule has 0 unspecified atom stereocenters. The minimum atomic E-state index is 0.607. The first-order valence-electron chi connectivity index (χ1n) is 4.79. The molecule has 2 rings (SSSR count). The van der Waals surface area contributed by atoms with E-state index in [0.717, 1.165) is 18.8 Å². The summed E-state index contributed by atoms with van der Waals surface area (Å²) < 4.78 is 0. The van der Waals surface area contributed by atoms with E-state index in [2.05, 4.69) is 35.0 Å². The summed E-state index contributed by atoms with van der Waals surface area (Å²) in [6.07, 6.45) is 1.72. The Morgan fingerprint density at radius 2 is 2.23 bits per heavy atom. The van der Waals surface area contributed by atoms with Gasteiger partial charge in [0, 0.05) is 31.2 Å². The lowest BCUT2D eigenvalue weighted by atomic mass is 9.95. The molecule has 0 amide bonds. The highest BCUT2D eigenvalue weighted by Crippen LogP contribution is 2.26. The minimum Gasteiger partial charge on any atom is -0.300 e. The van der Waals surface area contributed by atoms with E-state index in [4.69, 9.17) is 0 Å². The van der Waals surface area contributed by atoms with Crippen LogP contribution in [0.2, 0.25) is 0 Å². The second-order valence-electron chi connectivity index (χ2n) is 3.89. The Labute approximate surface area is 78.8 Å². The molecule has 0 saturated carbocycles. The fraction of sp³-hybridized carbons (Fsp3) is 0.600. The molecule has 0 aromatic carbocycles. The van der Waals surface area contributed by atoms with Crippen molar-refractivity contribution in [3.8, 4) is 0 Å². The van der Waals surface area contributed by atoms with Crippen molar-refractivity contribution in [3.05, 3.63) is 24.0 Å². The minimum absolute atomic E-state index is 0.607. The molecule has 0 radical (unpaired) electrons. The normalized spacial score (nSPS) is 19.0. The van der Waals surface area contributed by atoms with Gasteiger partial charge in [-0.3, -0.25) is 4.90 Å². The number of aromatic nitrogens is 2. The molecule has 0 bridgehead atoms. The first-order chi connectivity index (χ1) is 6.27. The maximum Gasteiger partial charge on any atom is 0.0687 e. The van der Waals surface area contributed by atoms with Crippen LogP contribution < -0.4 is 0 Å². The van der Waals surface area contributed by atoms with Crippen LogP contribution in [0.25, 0.3) is 0 Å². The van der Waals surface area contributed by atoms with Crippen molar-refractivity contribution >= 4 is 0 Å². The monoisotopic (exact) mass is 177 g/mol. The van der Waals surface area contributed by atoms with Crippen molar-refractivity contribution in [1.29, 1.82) is 0 Å². The molecule has 2 heterocycles. The van der Waals surface area contributed by atoms with Crippen LogP contribution in [0.4, 0.5) is 0 Å². The van der Waals surface area contributed by atoms with Gasteiger partial charge in [-0.2, -0.15) is 10.2 Å². The Morgan fingerprint density at radius 3 is 2.77 bits per heavy atom. The maximum absolute atomic E-state index is 4.12. The van der Waals surface area contributed by atoms with E-state index in [0.29, 0.717) is 12.0 Å². The molecular formula is C10H15N3. The highest BCUT2D eigenvalue weighted by atomic mass is 15.2. The van der Waals surface area contributed by atoms with Crippen LogP contribution in [0.1, 0.15) is 25.5 Å². The molecule has 1 aliphatic heterocycles. The van der Waals surface area contributed by atoms with Gasteiger partial charge in [0.25, 0.3) is 0 Å². The second kappa shape index (κ2) is 3.42. The molecule has 1 aromatic rings. The Balaban J connectivity index is 1.94. The van der Waals surface area contributed by atoms with Crippen molar-refractivity contribution < 1.29 is 0 Å². The zero-order valence-electron chi connectivity index (χ0n) is 8.14. The molecule has 0 atom stereocenters. The zero-order chi connectivity index (χ0) is 9.26. The van der Waals surface area contributed by atoms with Gasteiger partial charge in [-0.15, -0.1) is 0 Å². The second-order valence-corrected chi connectivity index (χ2v) is 3.89. The largest absolute Gasteiger partial charge is 0.300 e. The molecule has 1 aromatic heterocycles. The average Bonchev–Trinajstić information content (AvgIpc) is 2.02. The topological polar surface area (TPSA) is 29.0 Å². The molecule has 70 valence electrons. The number of nitrogens with zero attached hydrogens (tertiary/aromatic N) is 3. The Hall–Kier alpha value is -0.960. The van der Waals surface area contributed by atoms with Gasteiger partial charge < -0.3 is 0 Å². The summed E-state index contributed by atoms with van der Waals surface area (Å²) in [5, 5.41) is 8.01. The fourth-order valence-corrected chi connectivity index (χ4v) is 1.65. The predicted molar refractivity (Wildman–Crippen MR) is 51.5 cm³/mol. The summed E-state index contributed by atoms with van der Waals surface area (Å²) in [4.78, 5) is 2.44. The summed E-state index contributed by atoms with van der Waals surface area (Å²) in [7, 11) is 0. The van der Waals surface area contributed by atoms with Crippen molar-refractivity contribution in [1.82, 2.24) is 15.1 Å². The van der Waals surface area contributed by atoms with Crippen LogP contribution in [0.15, 0.2) is 18.3 Å². The first kappa shape index (κ1) is 8.63. The molecule has 1 fully saturated rings. The lowest BCUT2D eigenvalue weighted by Gasteiger charge is -2.41. The maximum atomic E-state index is 4.12. The SMILES string of the molecule is CC(C)N1CC(c2cccnn2)C1. The van der Waals surface area contributed by atoms with Crippen LogP contribution in [0.3, 0.4) is 0 Å². The highest BCUT2D eigenvalue weighted by molar-refractivity contribution is 5.11. The van der Waals surface area contributed by atoms with Crippen molar-refractivity contribution in [2.45, 2.75) is 25.8 Å². The van der Waals surface area contributed by atoms with Crippen LogP contribution in [-0.2, 0) is 0 Å². The van der Waals surface area contributed by atoms with Crippen LogP contribution in [-0.4, -0.2) is 34.2 Å². The van der Waals surface area contributed by atoms with Crippen molar-refractivity contribution in [3.63, 3.8) is 0 Å². The van der Waals surface area contributed by atoms with Crippen LogP contribution in [0.5, 0.6) is 0 Å². The smallest absolute Gasteiger partial charge is 0.0687 e. The van der Waals surface area contributed by atoms with Crippen molar-refractivity contribution in [2.24, 2.45) is 0 Å². The summed E-state index contributed by atoms with van der Waals surface area (Å²) >= 11 is 0. The predicted octanol–water partition coefficient (Wildman–Crippen LogP) is 1.28. The van der Waals surface area contributed by atoms with E-state index in [1.165, 1.54) is 0 Å². The van der Waals surface area contributed by atoms with Gasteiger partial charge in [-0.25, -0.2) is 0 Å². The van der Waals surface area contributed by atoms with Crippen LogP contribution in [0, 0.1) is 0 Å². The molecule has 3 heteroatoms. The lowest BCUT2D eigenvalue weighted by molar-refractivity contribution is 0.107. The zero-order valence-corrected chi connectivity index (χ0v) is 8.14. The third-order valence-electron chi connectivity index (χ3n) is 2.65. The average molecular weight is 177 g/mol. The van der Waals surface area contributed by atoms with E-state index in [1.807, 2.05) is 6.07 Å². The molecule has 13 heavy (non-hydrogen) atoms. The quantitative estimate of drug-likeness (QED) is 0.681. The lowest BCUT2D eigenvalue weighted by Crippen LogP contribution is -2.48. The van der Waals surface area contributed by atoms with Gasteiger partial charge in [0.15, 0.2) is 0 Å². The van der Waals surface area contributed by atoms with Gasteiger partial charge >= 0.3 is 0 Å². The molecule has 1 aliphatic rings. The summed E-state index contributed by atoms with van der Waals surface area (Å²) in [6, 6.07) is 4.68. The van der Waals surface area contributed by atoms with E-state index in [-0.39, 0.29) is 0 Å². The molecule has 0 N–H and O–H groups in total. The van der Waals surface area contributed by atoms with Gasteiger partial charge in [0.2, 0.25) is 0 Å². The summed E-state index contributed by atoms with van der Waals surface area (Å²) in [6.45, 7) is 6.73. The molecule has 0 aliphatic carbocycles. The fourth-order valence-electron chi connectivity index (χ4n) is 1.65. The molecule has 3 nitrogen and oxygen atoms in total. The van der Waals surface area contributed by atoms with Crippen molar-refractivity contribution in [2.75, 3.05) is 13.1 Å². The summed E-state index contributed by atoms with van der Waals surface area (Å²) in [5.41, 5.74) is 1.14. The molecule has 1 saturated heterocycles. The number of likely N-dealkylation sites (tertiary alicyclic amines) is 1. The molecule has 0 spiro atoms. The standard InChI is InChI=1S/C10H15N3/c1-8(2)13-6-9(7-13)10-4-3-5-11-12-10/h3-5,8-9H,6-7H2,1-2H3. The Morgan fingerprint density at radius 1 is 1.46 bits per heavy atom. The van der Waals surface area contributed by atoms with Crippen LogP contribution >= 0.6 is 0 Å². The Bertz CT molecular complexity index is 265. The van der Waals surface area contributed by atoms with E-state index >= 15 is 0 Å². The van der Waals surface area contributed by atoms with Gasteiger partial charge in [0.1, 0.15) is 0 Å². The third kappa shape index (κ3) is 1.70. The first-order valence-corrected chi connectivity index (χ1v) is 4.79. The molecular weight excluding hydrogens is 162 g/mol.